The van der Waals surface area contributed by atoms with Gasteiger partial charge in [-0.1, -0.05) is 12.8 Å². The van der Waals surface area contributed by atoms with Crippen molar-refractivity contribution in [3.8, 4) is 0 Å². The van der Waals surface area contributed by atoms with Gasteiger partial charge < -0.3 is 10.2 Å². The fraction of sp³-hybridized carbons (Fsp3) is 0.800. The molecule has 1 saturated carbocycles. The molecule has 0 bridgehead atoms. The number of hydrogen-bond acceptors (Lipinski definition) is 4. The molecule has 4 amide bonds. The van der Waals surface area contributed by atoms with Crippen LogP contribution in [-0.2, 0) is 9.59 Å². The molecule has 1 aliphatic carbocycles. The van der Waals surface area contributed by atoms with Crippen LogP contribution >= 0.6 is 0 Å². The summed E-state index contributed by atoms with van der Waals surface area (Å²) in [7, 11) is 1.47. The molecule has 2 fully saturated rings. The first-order valence-corrected chi connectivity index (χ1v) is 8.08. The quantitative estimate of drug-likeness (QED) is 0.778. The summed E-state index contributed by atoms with van der Waals surface area (Å²) < 4.78 is 0. The Balaban J connectivity index is 1.79. The summed E-state index contributed by atoms with van der Waals surface area (Å²) in [5.41, 5.74) is 0. The van der Waals surface area contributed by atoms with E-state index in [9.17, 15) is 14.4 Å². The van der Waals surface area contributed by atoms with Crippen LogP contribution < -0.4 is 10.6 Å². The highest BCUT2D eigenvalue weighted by atomic mass is 16.2. The van der Waals surface area contributed by atoms with Gasteiger partial charge in [0, 0.05) is 39.1 Å². The number of amides is 4. The Hall–Kier alpha value is -1.63. The van der Waals surface area contributed by atoms with Crippen LogP contribution in [-0.4, -0.2) is 66.9 Å². The second-order valence-electron chi connectivity index (χ2n) is 6.09. The molecule has 1 atom stereocenters. The van der Waals surface area contributed by atoms with Gasteiger partial charge in [0.05, 0.1) is 6.04 Å². The van der Waals surface area contributed by atoms with Crippen LogP contribution in [0.5, 0.6) is 0 Å². The summed E-state index contributed by atoms with van der Waals surface area (Å²) in [5, 5.41) is 4.66. The van der Waals surface area contributed by atoms with E-state index in [1.807, 2.05) is 9.80 Å². The molecule has 0 spiro atoms. The zero-order valence-corrected chi connectivity index (χ0v) is 13.4. The lowest BCUT2D eigenvalue weighted by Crippen LogP contribution is -2.56. The van der Waals surface area contributed by atoms with Crippen LogP contribution in [0.15, 0.2) is 0 Å². The lowest BCUT2D eigenvalue weighted by Gasteiger charge is -2.38. The maximum Gasteiger partial charge on any atom is 0.321 e. The second-order valence-corrected chi connectivity index (χ2v) is 6.09. The lowest BCUT2D eigenvalue weighted by molar-refractivity contribution is -0.138. The number of carbonyl (C=O) groups excluding carboxylic acids is 3. The minimum atomic E-state index is -0.494. The Morgan fingerprint density at radius 2 is 1.64 bits per heavy atom. The minimum Gasteiger partial charge on any atom is -0.341 e. The summed E-state index contributed by atoms with van der Waals surface area (Å²) in [4.78, 5) is 39.4. The van der Waals surface area contributed by atoms with E-state index in [-0.39, 0.29) is 23.8 Å². The van der Waals surface area contributed by atoms with Crippen molar-refractivity contribution in [3.63, 3.8) is 0 Å². The lowest BCUT2D eigenvalue weighted by atomic mass is 10.1. The molecule has 0 radical (unpaired) electrons. The van der Waals surface area contributed by atoms with Gasteiger partial charge in [-0.05, 0) is 19.8 Å². The van der Waals surface area contributed by atoms with Crippen LogP contribution in [0.4, 0.5) is 4.79 Å². The molecule has 1 heterocycles. The summed E-state index contributed by atoms with van der Waals surface area (Å²) in [6.07, 6.45) is 4.36. The molecule has 7 heteroatoms. The van der Waals surface area contributed by atoms with Crippen molar-refractivity contribution in [2.24, 2.45) is 5.92 Å². The van der Waals surface area contributed by atoms with E-state index in [4.69, 9.17) is 0 Å². The Kier molecular flexibility index (Phi) is 5.76. The Bertz CT molecular complexity index is 427. The fourth-order valence-electron chi connectivity index (χ4n) is 3.21. The molecule has 124 valence electrons. The topological polar surface area (TPSA) is 81.8 Å². The highest BCUT2D eigenvalue weighted by Crippen LogP contribution is 2.27. The standard InChI is InChI=1S/C15H26N4O3/c1-11(13(20)17-15(22)16-2)18-7-9-19(10-8-18)14(21)12-5-3-4-6-12/h11-12H,3-10H2,1-2H3,(H2,16,17,20,22)/t11-/m1/s1. The average Bonchev–Trinajstić information content (AvgIpc) is 3.07. The second kappa shape index (κ2) is 7.58. The van der Waals surface area contributed by atoms with Crippen LogP contribution in [0.2, 0.25) is 0 Å². The number of rotatable bonds is 3. The monoisotopic (exact) mass is 310 g/mol. The number of piperazine rings is 1. The molecule has 0 aromatic carbocycles. The number of imide groups is 1. The van der Waals surface area contributed by atoms with Gasteiger partial charge >= 0.3 is 6.03 Å². The molecule has 0 unspecified atom stereocenters. The average molecular weight is 310 g/mol. The SMILES string of the molecule is CNC(=O)NC(=O)[C@@H](C)N1CCN(C(=O)C2CCCC2)CC1. The number of nitrogens with zero attached hydrogens (tertiary/aromatic N) is 2. The molecule has 2 aliphatic rings. The van der Waals surface area contributed by atoms with Gasteiger partial charge in [0.2, 0.25) is 11.8 Å². The van der Waals surface area contributed by atoms with Gasteiger partial charge in [-0.25, -0.2) is 4.79 Å². The number of urea groups is 1. The first-order chi connectivity index (χ1) is 10.5. The largest absolute Gasteiger partial charge is 0.341 e. The van der Waals surface area contributed by atoms with E-state index in [0.717, 1.165) is 25.7 Å². The van der Waals surface area contributed by atoms with Gasteiger partial charge in [-0.3, -0.25) is 19.8 Å². The fourth-order valence-corrected chi connectivity index (χ4v) is 3.21. The van der Waals surface area contributed by atoms with Crippen LogP contribution in [0.25, 0.3) is 0 Å². The number of carbonyl (C=O) groups is 3. The molecule has 7 nitrogen and oxygen atoms in total. The third-order valence-corrected chi connectivity index (χ3v) is 4.72. The molecule has 2 N–H and O–H groups in total. The maximum absolute atomic E-state index is 12.4. The van der Waals surface area contributed by atoms with Crippen molar-refractivity contribution >= 4 is 17.8 Å². The third kappa shape index (κ3) is 3.97. The first-order valence-electron chi connectivity index (χ1n) is 8.08. The zero-order valence-electron chi connectivity index (χ0n) is 13.4. The van der Waals surface area contributed by atoms with Crippen LogP contribution in [0.1, 0.15) is 32.6 Å². The first kappa shape index (κ1) is 16.7. The van der Waals surface area contributed by atoms with E-state index in [1.54, 1.807) is 6.92 Å². The summed E-state index contributed by atoms with van der Waals surface area (Å²) in [6.45, 7) is 4.44. The molecule has 0 aromatic rings. The van der Waals surface area contributed by atoms with Gasteiger partial charge in [-0.2, -0.15) is 0 Å². The van der Waals surface area contributed by atoms with Crippen molar-refractivity contribution < 1.29 is 14.4 Å². The maximum atomic E-state index is 12.4. The van der Waals surface area contributed by atoms with Gasteiger partial charge in [0.15, 0.2) is 0 Å². The predicted octanol–water partition coefficient (Wildman–Crippen LogP) is 0.165. The van der Waals surface area contributed by atoms with E-state index < -0.39 is 6.03 Å². The number of nitrogens with one attached hydrogen (secondary N) is 2. The molecule has 2 rings (SSSR count). The highest BCUT2D eigenvalue weighted by molar-refractivity contribution is 5.96. The van der Waals surface area contributed by atoms with Crippen molar-refractivity contribution in [2.45, 2.75) is 38.6 Å². The molecule has 1 aliphatic heterocycles. The van der Waals surface area contributed by atoms with Crippen LogP contribution in [0.3, 0.4) is 0 Å². The van der Waals surface area contributed by atoms with Gasteiger partial charge in [0.25, 0.3) is 0 Å². The Morgan fingerprint density at radius 1 is 1.05 bits per heavy atom. The zero-order chi connectivity index (χ0) is 16.1. The summed E-state index contributed by atoms with van der Waals surface area (Å²) in [5.74, 6) is 0.176. The Labute approximate surface area is 131 Å². The molecular weight excluding hydrogens is 284 g/mol. The molecule has 1 saturated heterocycles. The molecular formula is C15H26N4O3. The van der Waals surface area contributed by atoms with Crippen molar-refractivity contribution in [3.05, 3.63) is 0 Å². The molecule has 0 aromatic heterocycles. The van der Waals surface area contributed by atoms with Gasteiger partial charge in [0.1, 0.15) is 0 Å². The Morgan fingerprint density at radius 3 is 2.18 bits per heavy atom. The normalized spacial score (nSPS) is 21.5. The summed E-state index contributed by atoms with van der Waals surface area (Å²) in [6, 6.07) is -0.868. The minimum absolute atomic E-state index is 0.209. The van der Waals surface area contributed by atoms with E-state index in [2.05, 4.69) is 10.6 Å². The van der Waals surface area contributed by atoms with Crippen LogP contribution in [0, 0.1) is 5.92 Å². The van der Waals surface area contributed by atoms with E-state index in [1.165, 1.54) is 7.05 Å². The highest BCUT2D eigenvalue weighted by Gasteiger charge is 2.31. The van der Waals surface area contributed by atoms with Crippen molar-refractivity contribution in [1.29, 1.82) is 0 Å². The van der Waals surface area contributed by atoms with Crippen molar-refractivity contribution in [1.82, 2.24) is 20.4 Å². The molecule has 22 heavy (non-hydrogen) atoms. The third-order valence-electron chi connectivity index (χ3n) is 4.72. The van der Waals surface area contributed by atoms with E-state index in [0.29, 0.717) is 26.2 Å². The number of hydrogen-bond donors (Lipinski definition) is 2. The van der Waals surface area contributed by atoms with Gasteiger partial charge in [-0.15, -0.1) is 0 Å². The smallest absolute Gasteiger partial charge is 0.321 e. The predicted molar refractivity (Wildman–Crippen MR) is 82.2 cm³/mol. The van der Waals surface area contributed by atoms with Crippen molar-refractivity contribution in [2.75, 3.05) is 33.2 Å². The summed E-state index contributed by atoms with van der Waals surface area (Å²) >= 11 is 0. The van der Waals surface area contributed by atoms with E-state index >= 15 is 0 Å².